The Labute approximate surface area is 142 Å². The second-order valence-electron chi connectivity index (χ2n) is 5.78. The van der Waals surface area contributed by atoms with Crippen LogP contribution in [0.4, 0.5) is 10.7 Å². The van der Waals surface area contributed by atoms with Gasteiger partial charge in [0, 0.05) is 12.5 Å². The zero-order valence-electron chi connectivity index (χ0n) is 13.6. The normalized spacial score (nSPS) is 23.0. The number of hydrogen-bond acceptors (Lipinski definition) is 8. The molecular formula is C14H20N6O5. The van der Waals surface area contributed by atoms with Crippen molar-refractivity contribution < 1.29 is 19.4 Å². The Hall–Kier alpha value is -2.66. The van der Waals surface area contributed by atoms with Gasteiger partial charge in [0.25, 0.3) is 5.56 Å². The fourth-order valence-electron chi connectivity index (χ4n) is 2.63. The SMILES string of the molecule is CCCNC(=O)OC[C@@H]1CO[C@@H](n2cnc3c(=O)[nH]c(N)nc32)[C@@H]1O. The molecule has 11 nitrogen and oxygen atoms in total. The number of alkyl carbamates (subject to hydrolysis) is 1. The Balaban J connectivity index is 1.71. The van der Waals surface area contributed by atoms with Gasteiger partial charge in [0.05, 0.1) is 12.9 Å². The number of aliphatic hydroxyl groups excluding tert-OH is 1. The second kappa shape index (κ2) is 7.07. The largest absolute Gasteiger partial charge is 0.449 e. The molecule has 0 aromatic carbocycles. The lowest BCUT2D eigenvalue weighted by Gasteiger charge is -2.18. The van der Waals surface area contributed by atoms with Gasteiger partial charge in [-0.1, -0.05) is 6.92 Å². The van der Waals surface area contributed by atoms with Crippen molar-refractivity contribution in [3.63, 3.8) is 0 Å². The molecule has 0 spiro atoms. The Morgan fingerprint density at radius 2 is 2.44 bits per heavy atom. The van der Waals surface area contributed by atoms with Gasteiger partial charge in [0.2, 0.25) is 5.95 Å². The summed E-state index contributed by atoms with van der Waals surface area (Å²) >= 11 is 0. The van der Waals surface area contributed by atoms with Gasteiger partial charge in [-0.05, 0) is 6.42 Å². The summed E-state index contributed by atoms with van der Waals surface area (Å²) in [6.07, 6.45) is -0.136. The Morgan fingerprint density at radius 3 is 3.20 bits per heavy atom. The van der Waals surface area contributed by atoms with Crippen molar-refractivity contribution in [1.82, 2.24) is 24.8 Å². The second-order valence-corrected chi connectivity index (χ2v) is 5.78. The molecule has 1 saturated heterocycles. The summed E-state index contributed by atoms with van der Waals surface area (Å²) in [6.45, 7) is 2.65. The molecule has 1 aliphatic heterocycles. The molecule has 25 heavy (non-hydrogen) atoms. The van der Waals surface area contributed by atoms with E-state index in [-0.39, 0.29) is 30.3 Å². The molecule has 11 heteroatoms. The number of nitrogens with zero attached hydrogens (tertiary/aromatic N) is 3. The third kappa shape index (κ3) is 3.42. The number of nitrogens with one attached hydrogen (secondary N) is 2. The minimum absolute atomic E-state index is 0.00992. The van der Waals surface area contributed by atoms with E-state index in [4.69, 9.17) is 15.2 Å². The number of imidazole rings is 1. The average molecular weight is 352 g/mol. The predicted octanol–water partition coefficient (Wildman–Crippen LogP) is -0.656. The van der Waals surface area contributed by atoms with Crippen molar-refractivity contribution in [3.05, 3.63) is 16.7 Å². The zero-order valence-corrected chi connectivity index (χ0v) is 13.6. The third-order valence-corrected chi connectivity index (χ3v) is 3.93. The summed E-state index contributed by atoms with van der Waals surface area (Å²) in [4.78, 5) is 33.7. The summed E-state index contributed by atoms with van der Waals surface area (Å²) in [5, 5.41) is 13.1. The van der Waals surface area contributed by atoms with E-state index in [2.05, 4.69) is 20.3 Å². The topological polar surface area (TPSA) is 157 Å². The highest BCUT2D eigenvalue weighted by Crippen LogP contribution is 2.30. The highest BCUT2D eigenvalue weighted by atomic mass is 16.6. The van der Waals surface area contributed by atoms with Crippen LogP contribution in [0.15, 0.2) is 11.1 Å². The molecule has 136 valence electrons. The molecule has 0 radical (unpaired) electrons. The molecule has 2 aromatic rings. The van der Waals surface area contributed by atoms with Crippen molar-refractivity contribution in [2.24, 2.45) is 5.92 Å². The molecule has 3 heterocycles. The average Bonchev–Trinajstić information content (AvgIpc) is 3.14. The molecule has 0 saturated carbocycles. The number of carbonyl (C=O) groups excluding carboxylic acids is 1. The summed E-state index contributed by atoms with van der Waals surface area (Å²) in [5.74, 6) is -0.464. The molecule has 0 aliphatic carbocycles. The van der Waals surface area contributed by atoms with Crippen LogP contribution in [0.1, 0.15) is 19.6 Å². The van der Waals surface area contributed by atoms with Crippen LogP contribution in [-0.4, -0.2) is 56.6 Å². The van der Waals surface area contributed by atoms with Crippen molar-refractivity contribution in [1.29, 1.82) is 0 Å². The molecule has 3 atom stereocenters. The predicted molar refractivity (Wildman–Crippen MR) is 86.7 cm³/mol. The quantitative estimate of drug-likeness (QED) is 0.552. The van der Waals surface area contributed by atoms with Gasteiger partial charge in [0.1, 0.15) is 12.7 Å². The number of anilines is 1. The lowest BCUT2D eigenvalue weighted by molar-refractivity contribution is -0.0112. The number of hydrogen-bond donors (Lipinski definition) is 4. The van der Waals surface area contributed by atoms with E-state index in [1.807, 2.05) is 6.92 Å². The monoisotopic (exact) mass is 352 g/mol. The number of aliphatic hydroxyl groups is 1. The first kappa shape index (κ1) is 17.2. The number of amides is 1. The summed E-state index contributed by atoms with van der Waals surface area (Å²) in [5.41, 5.74) is 5.40. The summed E-state index contributed by atoms with van der Waals surface area (Å²) in [6, 6.07) is 0. The van der Waals surface area contributed by atoms with Crippen LogP contribution in [0, 0.1) is 5.92 Å². The zero-order chi connectivity index (χ0) is 18.0. The minimum atomic E-state index is -0.960. The van der Waals surface area contributed by atoms with Crippen LogP contribution in [0.3, 0.4) is 0 Å². The number of rotatable bonds is 5. The van der Waals surface area contributed by atoms with Crippen LogP contribution >= 0.6 is 0 Å². The van der Waals surface area contributed by atoms with E-state index in [0.29, 0.717) is 6.54 Å². The van der Waals surface area contributed by atoms with E-state index >= 15 is 0 Å². The fraction of sp³-hybridized carbons (Fsp3) is 0.571. The lowest BCUT2D eigenvalue weighted by atomic mass is 10.1. The van der Waals surface area contributed by atoms with Gasteiger partial charge in [0.15, 0.2) is 17.4 Å². The van der Waals surface area contributed by atoms with Gasteiger partial charge in [-0.3, -0.25) is 14.3 Å². The molecular weight excluding hydrogens is 332 g/mol. The number of nitrogen functional groups attached to an aromatic ring is 1. The van der Waals surface area contributed by atoms with Gasteiger partial charge in [-0.15, -0.1) is 0 Å². The van der Waals surface area contributed by atoms with Crippen molar-refractivity contribution >= 4 is 23.2 Å². The van der Waals surface area contributed by atoms with Crippen LogP contribution < -0.4 is 16.6 Å². The maximum Gasteiger partial charge on any atom is 0.407 e. The van der Waals surface area contributed by atoms with Gasteiger partial charge < -0.3 is 25.6 Å². The molecule has 0 unspecified atom stereocenters. The van der Waals surface area contributed by atoms with Crippen molar-refractivity contribution in [2.75, 3.05) is 25.5 Å². The maximum atomic E-state index is 11.8. The van der Waals surface area contributed by atoms with E-state index < -0.39 is 29.9 Å². The highest BCUT2D eigenvalue weighted by Gasteiger charge is 2.38. The van der Waals surface area contributed by atoms with Gasteiger partial charge in [-0.25, -0.2) is 9.78 Å². The number of aromatic amines is 1. The number of aromatic nitrogens is 4. The minimum Gasteiger partial charge on any atom is -0.449 e. The van der Waals surface area contributed by atoms with Crippen LogP contribution in [0.5, 0.6) is 0 Å². The first-order chi connectivity index (χ1) is 12.0. The fourth-order valence-corrected chi connectivity index (χ4v) is 2.63. The molecule has 0 bridgehead atoms. The first-order valence-electron chi connectivity index (χ1n) is 7.94. The molecule has 3 rings (SSSR count). The van der Waals surface area contributed by atoms with Crippen molar-refractivity contribution in [3.8, 4) is 0 Å². The molecule has 5 N–H and O–H groups in total. The number of carbonyl (C=O) groups is 1. The molecule has 1 amide bonds. The third-order valence-electron chi connectivity index (χ3n) is 3.93. The number of fused-ring (bicyclic) bond motifs is 1. The number of H-pyrrole nitrogens is 1. The summed E-state index contributed by atoms with van der Waals surface area (Å²) < 4.78 is 12.1. The van der Waals surface area contributed by atoms with Gasteiger partial charge in [-0.2, -0.15) is 4.98 Å². The smallest absolute Gasteiger partial charge is 0.407 e. The van der Waals surface area contributed by atoms with Crippen LogP contribution in [0.2, 0.25) is 0 Å². The standard InChI is InChI=1S/C14H20N6O5/c1-2-3-16-14(23)25-5-7-4-24-12(9(7)21)20-6-17-8-10(20)18-13(15)19-11(8)22/h6-7,9,12,21H,2-5H2,1H3,(H,16,23)(H3,15,18,19,22)/t7-,9+,12+/m0/s1. The van der Waals surface area contributed by atoms with E-state index in [9.17, 15) is 14.7 Å². The number of ether oxygens (including phenoxy) is 2. The van der Waals surface area contributed by atoms with Crippen LogP contribution in [0.25, 0.3) is 11.2 Å². The lowest BCUT2D eigenvalue weighted by Crippen LogP contribution is -2.31. The number of nitrogens with two attached hydrogens (primary N) is 1. The van der Waals surface area contributed by atoms with E-state index in [1.165, 1.54) is 10.9 Å². The summed E-state index contributed by atoms with van der Waals surface area (Å²) in [7, 11) is 0. The Morgan fingerprint density at radius 1 is 1.64 bits per heavy atom. The molecule has 1 fully saturated rings. The van der Waals surface area contributed by atoms with E-state index in [1.54, 1.807) is 0 Å². The maximum absolute atomic E-state index is 11.8. The Bertz CT molecular complexity index is 818. The molecule has 2 aromatic heterocycles. The van der Waals surface area contributed by atoms with Crippen molar-refractivity contribution in [2.45, 2.75) is 25.7 Å². The van der Waals surface area contributed by atoms with E-state index in [0.717, 1.165) is 6.42 Å². The highest BCUT2D eigenvalue weighted by molar-refractivity contribution is 5.70. The molecule has 1 aliphatic rings. The first-order valence-corrected chi connectivity index (χ1v) is 7.94. The Kier molecular flexibility index (Phi) is 4.86. The van der Waals surface area contributed by atoms with Gasteiger partial charge >= 0.3 is 6.09 Å². The van der Waals surface area contributed by atoms with Crippen LogP contribution in [-0.2, 0) is 9.47 Å².